The van der Waals surface area contributed by atoms with E-state index in [2.05, 4.69) is 10.3 Å². The number of alkyl halides is 3. The van der Waals surface area contributed by atoms with Crippen molar-refractivity contribution < 1.29 is 18.0 Å². The zero-order chi connectivity index (χ0) is 16.4. The maximum atomic E-state index is 12.4. The molecule has 2 fully saturated rings. The first-order chi connectivity index (χ1) is 10.9. The van der Waals surface area contributed by atoms with Crippen LogP contribution in [0.3, 0.4) is 0 Å². The molecule has 1 aliphatic carbocycles. The molecule has 4 nitrogen and oxygen atoms in total. The van der Waals surface area contributed by atoms with Gasteiger partial charge in [-0.2, -0.15) is 13.2 Å². The smallest absolute Gasteiger partial charge is 0.324 e. The van der Waals surface area contributed by atoms with Crippen LogP contribution in [-0.4, -0.2) is 29.0 Å². The standard InChI is InChI=1S/C16H20F3N3O/c17-16(18,19)14-7-6-13(8-20-14)21-15(23)22-9-12(10-22)11-4-2-1-3-5-11/h6-8,11-12H,1-5,9-10H2,(H,21,23). The van der Waals surface area contributed by atoms with Crippen molar-refractivity contribution in [3.8, 4) is 0 Å². The summed E-state index contributed by atoms with van der Waals surface area (Å²) < 4.78 is 37.3. The lowest BCUT2D eigenvalue weighted by atomic mass is 9.76. The molecule has 2 aliphatic rings. The van der Waals surface area contributed by atoms with Crippen LogP contribution in [0.5, 0.6) is 0 Å². The minimum absolute atomic E-state index is 0.265. The van der Waals surface area contributed by atoms with Crippen LogP contribution >= 0.6 is 0 Å². The highest BCUT2D eigenvalue weighted by atomic mass is 19.4. The number of hydrogen-bond acceptors (Lipinski definition) is 2. The van der Waals surface area contributed by atoms with Gasteiger partial charge in [0.2, 0.25) is 0 Å². The van der Waals surface area contributed by atoms with Crippen LogP contribution in [0.1, 0.15) is 37.8 Å². The first-order valence-corrected chi connectivity index (χ1v) is 8.02. The Morgan fingerprint density at radius 1 is 1.13 bits per heavy atom. The van der Waals surface area contributed by atoms with E-state index in [0.717, 1.165) is 31.3 Å². The second kappa shape index (κ2) is 6.37. The van der Waals surface area contributed by atoms with E-state index < -0.39 is 11.9 Å². The van der Waals surface area contributed by atoms with E-state index in [1.54, 1.807) is 4.90 Å². The zero-order valence-electron chi connectivity index (χ0n) is 12.8. The second-order valence-corrected chi connectivity index (χ2v) is 6.42. The van der Waals surface area contributed by atoms with Crippen LogP contribution in [-0.2, 0) is 6.18 Å². The fourth-order valence-electron chi connectivity index (χ4n) is 3.42. The van der Waals surface area contributed by atoms with E-state index >= 15 is 0 Å². The van der Waals surface area contributed by atoms with Gasteiger partial charge in [-0.05, 0) is 24.0 Å². The fraction of sp³-hybridized carbons (Fsp3) is 0.625. The molecule has 23 heavy (non-hydrogen) atoms. The third-order valence-electron chi connectivity index (χ3n) is 4.82. The van der Waals surface area contributed by atoms with E-state index in [0.29, 0.717) is 5.92 Å². The van der Waals surface area contributed by atoms with Crippen molar-refractivity contribution in [2.75, 3.05) is 18.4 Å². The van der Waals surface area contributed by atoms with E-state index in [9.17, 15) is 18.0 Å². The first kappa shape index (κ1) is 16.1. The van der Waals surface area contributed by atoms with E-state index in [1.807, 2.05) is 0 Å². The van der Waals surface area contributed by atoms with Gasteiger partial charge in [0.05, 0.1) is 11.9 Å². The molecule has 1 aromatic rings. The molecule has 1 N–H and O–H groups in total. The van der Waals surface area contributed by atoms with Crippen LogP contribution in [0.4, 0.5) is 23.7 Å². The molecule has 0 aromatic carbocycles. The molecule has 0 bridgehead atoms. The number of urea groups is 1. The molecule has 7 heteroatoms. The number of aromatic nitrogens is 1. The Balaban J connectivity index is 1.48. The fourth-order valence-corrected chi connectivity index (χ4v) is 3.42. The summed E-state index contributed by atoms with van der Waals surface area (Å²) in [4.78, 5) is 17.1. The summed E-state index contributed by atoms with van der Waals surface area (Å²) in [5, 5.41) is 2.60. The molecular weight excluding hydrogens is 307 g/mol. The Bertz CT molecular complexity index is 547. The molecule has 126 valence electrons. The SMILES string of the molecule is O=C(Nc1ccc(C(F)(F)F)nc1)N1CC(C2CCCCC2)C1. The number of carbonyl (C=O) groups is 1. The van der Waals surface area contributed by atoms with Gasteiger partial charge in [0.1, 0.15) is 5.69 Å². The summed E-state index contributed by atoms with van der Waals surface area (Å²) in [6.07, 6.45) is 2.96. The highest BCUT2D eigenvalue weighted by Gasteiger charge is 2.36. The van der Waals surface area contributed by atoms with Gasteiger partial charge >= 0.3 is 12.2 Å². The van der Waals surface area contributed by atoms with Crippen LogP contribution in [0, 0.1) is 11.8 Å². The normalized spacial score (nSPS) is 20.2. The van der Waals surface area contributed by atoms with E-state index in [1.165, 1.54) is 38.2 Å². The Morgan fingerprint density at radius 3 is 2.39 bits per heavy atom. The number of pyridine rings is 1. The lowest BCUT2D eigenvalue weighted by molar-refractivity contribution is -0.141. The Hall–Kier alpha value is -1.79. The molecule has 0 atom stereocenters. The van der Waals surface area contributed by atoms with Crippen LogP contribution in [0.25, 0.3) is 0 Å². The summed E-state index contributed by atoms with van der Waals surface area (Å²) >= 11 is 0. The average Bonchev–Trinajstić information content (AvgIpc) is 2.46. The van der Waals surface area contributed by atoms with Gasteiger partial charge < -0.3 is 10.2 Å². The highest BCUT2D eigenvalue weighted by molar-refractivity contribution is 5.89. The third kappa shape index (κ3) is 3.76. The summed E-state index contributed by atoms with van der Waals surface area (Å²) in [6.45, 7) is 1.48. The topological polar surface area (TPSA) is 45.2 Å². The highest BCUT2D eigenvalue weighted by Crippen LogP contribution is 2.35. The number of likely N-dealkylation sites (tertiary alicyclic amines) is 1. The molecule has 1 aliphatic heterocycles. The maximum Gasteiger partial charge on any atom is 0.433 e. The molecule has 3 rings (SSSR count). The number of anilines is 1. The van der Waals surface area contributed by atoms with Crippen molar-refractivity contribution >= 4 is 11.7 Å². The van der Waals surface area contributed by atoms with Gasteiger partial charge in [-0.15, -0.1) is 0 Å². The number of rotatable bonds is 2. The van der Waals surface area contributed by atoms with Crippen molar-refractivity contribution in [2.24, 2.45) is 11.8 Å². The third-order valence-corrected chi connectivity index (χ3v) is 4.82. The molecule has 1 aromatic heterocycles. The minimum Gasteiger partial charge on any atom is -0.324 e. The molecule has 0 radical (unpaired) electrons. The lowest BCUT2D eigenvalue weighted by Gasteiger charge is -2.44. The summed E-state index contributed by atoms with van der Waals surface area (Å²) in [7, 11) is 0. The number of amides is 2. The number of halogens is 3. The van der Waals surface area contributed by atoms with Crippen molar-refractivity contribution in [1.29, 1.82) is 0 Å². The monoisotopic (exact) mass is 327 g/mol. The molecule has 0 spiro atoms. The van der Waals surface area contributed by atoms with Gasteiger partial charge in [0, 0.05) is 13.1 Å². The average molecular weight is 327 g/mol. The second-order valence-electron chi connectivity index (χ2n) is 6.42. The Kier molecular flexibility index (Phi) is 4.46. The number of nitrogens with zero attached hydrogens (tertiary/aromatic N) is 2. The summed E-state index contributed by atoms with van der Waals surface area (Å²) in [5.74, 6) is 1.30. The van der Waals surface area contributed by atoms with Crippen molar-refractivity contribution in [1.82, 2.24) is 9.88 Å². The van der Waals surface area contributed by atoms with E-state index in [4.69, 9.17) is 0 Å². The number of carbonyl (C=O) groups excluding carboxylic acids is 1. The van der Waals surface area contributed by atoms with Gasteiger partial charge in [0.25, 0.3) is 0 Å². The van der Waals surface area contributed by atoms with Crippen LogP contribution < -0.4 is 5.32 Å². The van der Waals surface area contributed by atoms with Gasteiger partial charge in [-0.3, -0.25) is 0 Å². The van der Waals surface area contributed by atoms with Crippen molar-refractivity contribution in [2.45, 2.75) is 38.3 Å². The molecule has 1 saturated heterocycles. The lowest BCUT2D eigenvalue weighted by Crippen LogP contribution is -2.54. The Labute approximate surface area is 133 Å². The van der Waals surface area contributed by atoms with Crippen LogP contribution in [0.15, 0.2) is 18.3 Å². The van der Waals surface area contributed by atoms with Crippen molar-refractivity contribution in [3.63, 3.8) is 0 Å². The van der Waals surface area contributed by atoms with Crippen molar-refractivity contribution in [3.05, 3.63) is 24.0 Å². The van der Waals surface area contributed by atoms with Gasteiger partial charge in [0.15, 0.2) is 0 Å². The first-order valence-electron chi connectivity index (χ1n) is 8.02. The molecular formula is C16H20F3N3O. The predicted molar refractivity (Wildman–Crippen MR) is 79.9 cm³/mol. The maximum absolute atomic E-state index is 12.4. The molecule has 1 saturated carbocycles. The Morgan fingerprint density at radius 2 is 1.83 bits per heavy atom. The van der Waals surface area contributed by atoms with Gasteiger partial charge in [-0.1, -0.05) is 32.1 Å². The predicted octanol–water partition coefficient (Wildman–Crippen LogP) is 4.14. The number of hydrogen-bond donors (Lipinski definition) is 1. The summed E-state index contributed by atoms with van der Waals surface area (Å²) in [5.41, 5.74) is -0.680. The zero-order valence-corrected chi connectivity index (χ0v) is 12.8. The molecule has 0 unspecified atom stereocenters. The van der Waals surface area contributed by atoms with E-state index in [-0.39, 0.29) is 11.7 Å². The number of nitrogens with one attached hydrogen (secondary N) is 1. The molecule has 2 heterocycles. The minimum atomic E-state index is -4.47. The quantitative estimate of drug-likeness (QED) is 0.887. The molecule has 2 amide bonds. The van der Waals surface area contributed by atoms with Gasteiger partial charge in [-0.25, -0.2) is 9.78 Å². The summed E-state index contributed by atoms with van der Waals surface area (Å²) in [6, 6.07) is 1.83. The largest absolute Gasteiger partial charge is 0.433 e. The van der Waals surface area contributed by atoms with Crippen LogP contribution in [0.2, 0.25) is 0 Å².